The highest BCUT2D eigenvalue weighted by atomic mass is 32.1. The zero-order chi connectivity index (χ0) is 23.6. The molecule has 5 nitrogen and oxygen atoms in total. The molecule has 0 N–H and O–H groups in total. The molecule has 7 heteroatoms. The second-order valence-corrected chi connectivity index (χ2v) is 9.66. The first kappa shape index (κ1) is 20.7. The summed E-state index contributed by atoms with van der Waals surface area (Å²) in [6, 6.07) is 18.0. The Morgan fingerprint density at radius 1 is 1.03 bits per heavy atom. The highest BCUT2D eigenvalue weighted by molar-refractivity contribution is 7.22. The minimum Gasteiger partial charge on any atom is -0.450 e. The van der Waals surface area contributed by atoms with Crippen molar-refractivity contribution in [3.05, 3.63) is 105 Å². The molecule has 34 heavy (non-hydrogen) atoms. The van der Waals surface area contributed by atoms with Crippen LogP contribution in [-0.4, -0.2) is 10.9 Å². The predicted octanol–water partition coefficient (Wildman–Crippen LogP) is 6.42. The zero-order valence-corrected chi connectivity index (χ0v) is 19.2. The van der Waals surface area contributed by atoms with Crippen LogP contribution in [0.15, 0.2) is 75.9 Å². The quantitative estimate of drug-likeness (QED) is 0.305. The van der Waals surface area contributed by atoms with Gasteiger partial charge in [0.25, 0.3) is 5.91 Å². The molecule has 6 rings (SSSR count). The van der Waals surface area contributed by atoms with Gasteiger partial charge in [0.15, 0.2) is 10.6 Å². The first-order chi connectivity index (χ1) is 16.4. The predicted molar refractivity (Wildman–Crippen MR) is 131 cm³/mol. The average Bonchev–Trinajstić information content (AvgIpc) is 3.38. The molecule has 0 aliphatic carbocycles. The van der Waals surface area contributed by atoms with E-state index in [0.717, 1.165) is 15.8 Å². The van der Waals surface area contributed by atoms with Crippen LogP contribution < -0.4 is 10.3 Å². The van der Waals surface area contributed by atoms with Crippen LogP contribution in [-0.2, 0) is 0 Å². The van der Waals surface area contributed by atoms with Crippen molar-refractivity contribution < 1.29 is 13.6 Å². The van der Waals surface area contributed by atoms with E-state index in [4.69, 9.17) is 9.40 Å². The zero-order valence-electron chi connectivity index (χ0n) is 18.4. The Morgan fingerprint density at radius 3 is 2.59 bits per heavy atom. The van der Waals surface area contributed by atoms with E-state index in [1.54, 1.807) is 42.5 Å². The van der Waals surface area contributed by atoms with Crippen molar-refractivity contribution in [3.63, 3.8) is 0 Å². The minimum atomic E-state index is -0.977. The van der Waals surface area contributed by atoms with Crippen molar-refractivity contribution in [2.45, 2.75) is 25.8 Å². The SMILES string of the molecule is CC(C)c1ccc2nc(N3C(=O)c4oc5ccccc5c(=O)c4[C@H]3c3ccccc3F)sc2c1. The van der Waals surface area contributed by atoms with Crippen molar-refractivity contribution in [1.29, 1.82) is 0 Å². The Hall–Kier alpha value is -3.84. The Bertz CT molecular complexity index is 1670. The van der Waals surface area contributed by atoms with Crippen molar-refractivity contribution in [1.82, 2.24) is 4.98 Å². The number of anilines is 1. The van der Waals surface area contributed by atoms with Gasteiger partial charge in [-0.3, -0.25) is 14.5 Å². The summed E-state index contributed by atoms with van der Waals surface area (Å²) >= 11 is 1.34. The monoisotopic (exact) mass is 470 g/mol. The number of thiazole rings is 1. The molecule has 0 fully saturated rings. The lowest BCUT2D eigenvalue weighted by Gasteiger charge is -2.22. The van der Waals surface area contributed by atoms with E-state index < -0.39 is 17.8 Å². The summed E-state index contributed by atoms with van der Waals surface area (Å²) in [6.45, 7) is 4.22. The molecule has 1 atom stereocenters. The Morgan fingerprint density at radius 2 is 1.79 bits per heavy atom. The van der Waals surface area contributed by atoms with Crippen molar-refractivity contribution >= 4 is 43.6 Å². The van der Waals surface area contributed by atoms with Crippen LogP contribution in [0.25, 0.3) is 21.2 Å². The van der Waals surface area contributed by atoms with E-state index in [1.807, 2.05) is 12.1 Å². The van der Waals surface area contributed by atoms with Crippen molar-refractivity contribution in [2.75, 3.05) is 4.90 Å². The number of nitrogens with zero attached hydrogens (tertiary/aromatic N) is 2. The molecule has 5 aromatic rings. The molecule has 1 aliphatic heterocycles. The van der Waals surface area contributed by atoms with E-state index in [0.29, 0.717) is 22.0 Å². The maximum Gasteiger partial charge on any atom is 0.297 e. The van der Waals surface area contributed by atoms with Gasteiger partial charge in [-0.25, -0.2) is 9.37 Å². The number of carbonyl (C=O) groups excluding carboxylic acids is 1. The summed E-state index contributed by atoms with van der Waals surface area (Å²) in [7, 11) is 0. The summed E-state index contributed by atoms with van der Waals surface area (Å²) in [4.78, 5) is 33.3. The van der Waals surface area contributed by atoms with Crippen LogP contribution >= 0.6 is 11.3 Å². The fourth-order valence-electron chi connectivity index (χ4n) is 4.50. The van der Waals surface area contributed by atoms with Crippen LogP contribution in [0.1, 0.15) is 53.1 Å². The molecular formula is C27H19FN2O3S. The molecule has 3 heterocycles. The highest BCUT2D eigenvalue weighted by Crippen LogP contribution is 2.44. The molecule has 1 amide bonds. The largest absolute Gasteiger partial charge is 0.450 e. The lowest BCUT2D eigenvalue weighted by atomic mass is 9.98. The summed E-state index contributed by atoms with van der Waals surface area (Å²) in [5.41, 5.74) is 2.23. The topological polar surface area (TPSA) is 63.4 Å². The van der Waals surface area contributed by atoms with Crippen LogP contribution in [0.4, 0.5) is 9.52 Å². The molecule has 0 bridgehead atoms. The Labute approximate surface area is 198 Å². The van der Waals surface area contributed by atoms with Gasteiger partial charge < -0.3 is 4.42 Å². The number of aromatic nitrogens is 1. The van der Waals surface area contributed by atoms with Gasteiger partial charge in [-0.2, -0.15) is 0 Å². The fraction of sp³-hybridized carbons (Fsp3) is 0.148. The molecule has 0 saturated heterocycles. The summed E-state index contributed by atoms with van der Waals surface area (Å²) in [5, 5.41) is 0.743. The highest BCUT2D eigenvalue weighted by Gasteiger charge is 2.45. The van der Waals surface area contributed by atoms with Gasteiger partial charge in [-0.1, -0.05) is 61.6 Å². The van der Waals surface area contributed by atoms with Crippen LogP contribution in [0.5, 0.6) is 0 Å². The Balaban J connectivity index is 1.62. The van der Waals surface area contributed by atoms with E-state index in [2.05, 4.69) is 19.9 Å². The number of fused-ring (bicyclic) bond motifs is 3. The molecule has 2 aromatic heterocycles. The standard InChI is InChI=1S/C27H19FN2O3S/c1-14(2)15-11-12-19-21(13-15)34-27(29-19)30-23(16-7-3-5-9-18(16)28)22-24(31)17-8-4-6-10-20(17)33-25(22)26(30)32/h3-14,23H,1-2H3/t23-/m1/s1. The first-order valence-electron chi connectivity index (χ1n) is 11.0. The summed E-state index contributed by atoms with van der Waals surface area (Å²) in [6.07, 6.45) is 0. The lowest BCUT2D eigenvalue weighted by molar-refractivity contribution is 0.0971. The average molecular weight is 471 g/mol. The van der Waals surface area contributed by atoms with Crippen LogP contribution in [0.2, 0.25) is 0 Å². The number of halogens is 1. The fourth-order valence-corrected chi connectivity index (χ4v) is 5.54. The van der Waals surface area contributed by atoms with Gasteiger partial charge in [0.05, 0.1) is 21.2 Å². The number of hydrogen-bond donors (Lipinski definition) is 0. The normalized spacial score (nSPS) is 15.6. The third-order valence-corrected chi connectivity index (χ3v) is 7.27. The number of amides is 1. The number of carbonyl (C=O) groups is 1. The van der Waals surface area contributed by atoms with Gasteiger partial charge in [0.2, 0.25) is 5.76 Å². The lowest BCUT2D eigenvalue weighted by Crippen LogP contribution is -2.30. The van der Waals surface area contributed by atoms with Gasteiger partial charge in [0, 0.05) is 5.56 Å². The molecule has 168 valence electrons. The van der Waals surface area contributed by atoms with Gasteiger partial charge in [0.1, 0.15) is 17.4 Å². The molecule has 0 unspecified atom stereocenters. The molecule has 0 radical (unpaired) electrons. The molecule has 3 aromatic carbocycles. The van der Waals surface area contributed by atoms with E-state index in [1.165, 1.54) is 22.3 Å². The van der Waals surface area contributed by atoms with E-state index >= 15 is 4.39 Å². The number of para-hydroxylation sites is 1. The van der Waals surface area contributed by atoms with Crippen LogP contribution in [0, 0.1) is 5.82 Å². The second kappa shape index (κ2) is 7.60. The van der Waals surface area contributed by atoms with Gasteiger partial charge in [-0.05, 0) is 41.8 Å². The van der Waals surface area contributed by atoms with E-state index in [9.17, 15) is 9.59 Å². The summed E-state index contributed by atoms with van der Waals surface area (Å²) < 4.78 is 21.9. The first-order valence-corrected chi connectivity index (χ1v) is 11.8. The number of benzene rings is 3. The number of rotatable bonds is 3. The molecular weight excluding hydrogens is 451 g/mol. The third-order valence-electron chi connectivity index (χ3n) is 6.25. The van der Waals surface area contributed by atoms with Crippen molar-refractivity contribution in [2.24, 2.45) is 0 Å². The summed E-state index contributed by atoms with van der Waals surface area (Å²) in [5.74, 6) is -0.740. The molecule has 1 aliphatic rings. The van der Waals surface area contributed by atoms with E-state index in [-0.39, 0.29) is 22.3 Å². The van der Waals surface area contributed by atoms with Crippen molar-refractivity contribution in [3.8, 4) is 0 Å². The molecule has 0 saturated carbocycles. The maximum atomic E-state index is 15.1. The Kier molecular flexibility index (Phi) is 4.64. The second-order valence-electron chi connectivity index (χ2n) is 8.65. The minimum absolute atomic E-state index is 0.0703. The third kappa shape index (κ3) is 3.00. The maximum absolute atomic E-state index is 15.1. The number of hydrogen-bond acceptors (Lipinski definition) is 5. The van der Waals surface area contributed by atoms with Crippen LogP contribution in [0.3, 0.4) is 0 Å². The molecule has 0 spiro atoms. The smallest absolute Gasteiger partial charge is 0.297 e. The van der Waals surface area contributed by atoms with Gasteiger partial charge >= 0.3 is 0 Å². The van der Waals surface area contributed by atoms with Gasteiger partial charge in [-0.15, -0.1) is 0 Å².